The zero-order chi connectivity index (χ0) is 22.7. The first-order valence-electron chi connectivity index (χ1n) is 10.0. The monoisotopic (exact) mass is 448 g/mol. The van der Waals surface area contributed by atoms with Crippen LogP contribution in [-0.2, 0) is 6.54 Å². The van der Waals surface area contributed by atoms with Crippen molar-refractivity contribution in [2.24, 2.45) is 5.73 Å². The molecule has 4 rings (SSSR count). The molecule has 0 aliphatic carbocycles. The van der Waals surface area contributed by atoms with Crippen molar-refractivity contribution in [3.8, 4) is 11.1 Å². The third kappa shape index (κ3) is 4.39. The molecule has 0 fully saturated rings. The predicted molar refractivity (Wildman–Crippen MR) is 128 cm³/mol. The molecule has 0 atom stereocenters. The second kappa shape index (κ2) is 9.30. The van der Waals surface area contributed by atoms with E-state index in [0.29, 0.717) is 16.2 Å². The molecule has 0 aliphatic rings. The topological polar surface area (TPSA) is 92.6 Å². The molecule has 0 radical (unpaired) electrons. The molecule has 2 aromatic carbocycles. The number of rotatable bonds is 7. The number of nitrogens with zero attached hydrogens (tertiary/aromatic N) is 3. The number of aromatic nitrogens is 3. The maximum absolute atomic E-state index is 14.3. The molecule has 4 aromatic rings. The molecule has 0 aliphatic heterocycles. The Hall–Kier alpha value is -3.55. The number of hydrogen-bond donors (Lipinski definition) is 3. The van der Waals surface area contributed by atoms with Gasteiger partial charge in [0.05, 0.1) is 24.0 Å². The van der Waals surface area contributed by atoms with Crippen LogP contribution in [0.5, 0.6) is 0 Å². The van der Waals surface area contributed by atoms with Crippen molar-refractivity contribution in [1.29, 1.82) is 5.41 Å². The minimum absolute atomic E-state index is 0.147. The number of allylic oxidation sites excluding steroid dienone is 1. The van der Waals surface area contributed by atoms with Gasteiger partial charge in [0.15, 0.2) is 0 Å². The number of nitrogens with two attached hydrogens (primary N) is 1. The highest BCUT2D eigenvalue weighted by Crippen LogP contribution is 2.29. The lowest BCUT2D eigenvalue weighted by Gasteiger charge is -2.11. The first-order chi connectivity index (χ1) is 15.5. The maximum atomic E-state index is 14.3. The Balaban J connectivity index is 1.75. The summed E-state index contributed by atoms with van der Waals surface area (Å²) in [7, 11) is 1.90. The molecule has 0 bridgehead atoms. The average Bonchev–Trinajstić information content (AvgIpc) is 3.28. The quantitative estimate of drug-likeness (QED) is 0.285. The third-order valence-corrected chi connectivity index (χ3v) is 5.44. The van der Waals surface area contributed by atoms with Gasteiger partial charge in [0.2, 0.25) is 0 Å². The number of fused-ring (bicyclic) bond motifs is 1. The lowest BCUT2D eigenvalue weighted by molar-refractivity contribution is 0.585. The van der Waals surface area contributed by atoms with Crippen LogP contribution in [-0.4, -0.2) is 34.6 Å². The number of likely N-dealkylation sites (N-methyl/N-ethyl adjacent to an activating group) is 1. The van der Waals surface area contributed by atoms with Crippen molar-refractivity contribution in [3.63, 3.8) is 0 Å². The molecule has 2 heterocycles. The van der Waals surface area contributed by atoms with Gasteiger partial charge in [-0.3, -0.25) is 9.67 Å². The van der Waals surface area contributed by atoms with Crippen LogP contribution >= 0.6 is 11.6 Å². The summed E-state index contributed by atoms with van der Waals surface area (Å²) in [5.41, 5.74) is 10.4. The average molecular weight is 449 g/mol. The largest absolute Gasteiger partial charge is 0.398 e. The Bertz CT molecular complexity index is 1330. The third-order valence-electron chi connectivity index (χ3n) is 5.20. The van der Waals surface area contributed by atoms with Crippen molar-refractivity contribution < 1.29 is 4.39 Å². The van der Waals surface area contributed by atoms with Crippen molar-refractivity contribution in [2.45, 2.75) is 6.54 Å². The Morgan fingerprint density at radius 2 is 2.03 bits per heavy atom. The lowest BCUT2D eigenvalue weighted by atomic mass is 9.98. The lowest BCUT2D eigenvalue weighted by Crippen LogP contribution is -2.14. The van der Waals surface area contributed by atoms with Crippen molar-refractivity contribution in [1.82, 2.24) is 20.1 Å². The van der Waals surface area contributed by atoms with E-state index in [1.165, 1.54) is 18.2 Å². The first-order valence-corrected chi connectivity index (χ1v) is 10.4. The van der Waals surface area contributed by atoms with Gasteiger partial charge in [-0.2, -0.15) is 5.10 Å². The van der Waals surface area contributed by atoms with Gasteiger partial charge in [0, 0.05) is 57.8 Å². The normalized spacial score (nSPS) is 12.1. The first kappa shape index (κ1) is 21.7. The maximum Gasteiger partial charge on any atom is 0.132 e. The highest BCUT2D eigenvalue weighted by Gasteiger charge is 2.13. The summed E-state index contributed by atoms with van der Waals surface area (Å²) in [6.45, 7) is 1.60. The van der Waals surface area contributed by atoms with Gasteiger partial charge in [-0.1, -0.05) is 17.7 Å². The zero-order valence-electron chi connectivity index (χ0n) is 17.4. The second-order valence-corrected chi connectivity index (χ2v) is 7.76. The van der Waals surface area contributed by atoms with Crippen LogP contribution in [0.15, 0.2) is 61.1 Å². The molecule has 0 spiro atoms. The minimum atomic E-state index is -0.494. The van der Waals surface area contributed by atoms with Crippen LogP contribution in [0.3, 0.4) is 0 Å². The van der Waals surface area contributed by atoms with E-state index in [0.717, 1.165) is 41.3 Å². The van der Waals surface area contributed by atoms with Crippen LogP contribution in [0.25, 0.3) is 33.3 Å². The van der Waals surface area contributed by atoms with Gasteiger partial charge >= 0.3 is 0 Å². The van der Waals surface area contributed by atoms with E-state index in [1.54, 1.807) is 0 Å². The predicted octanol–water partition coefficient (Wildman–Crippen LogP) is 4.59. The molecule has 0 amide bonds. The number of benzene rings is 2. The highest BCUT2D eigenvalue weighted by atomic mass is 35.5. The van der Waals surface area contributed by atoms with E-state index in [1.807, 2.05) is 54.6 Å². The Morgan fingerprint density at radius 1 is 1.19 bits per heavy atom. The number of pyridine rings is 1. The zero-order valence-corrected chi connectivity index (χ0v) is 18.2. The minimum Gasteiger partial charge on any atom is -0.398 e. The summed E-state index contributed by atoms with van der Waals surface area (Å²) in [4.78, 5) is 4.55. The summed E-state index contributed by atoms with van der Waals surface area (Å²) >= 11 is 6.02. The summed E-state index contributed by atoms with van der Waals surface area (Å²) < 4.78 is 16.2. The molecule has 0 saturated carbocycles. The summed E-state index contributed by atoms with van der Waals surface area (Å²) in [6.07, 6.45) is 6.72. The summed E-state index contributed by atoms with van der Waals surface area (Å²) in [5, 5.41) is 16.6. The fraction of sp³-hybridized carbons (Fsp3) is 0.125. The van der Waals surface area contributed by atoms with Crippen molar-refractivity contribution in [3.05, 3.63) is 83.0 Å². The van der Waals surface area contributed by atoms with E-state index in [2.05, 4.69) is 15.4 Å². The SMILES string of the molecule is CNCCn1cc(-c2cnc3ccc(C(C=N)=C(N)c4cc(Cl)ccc4F)cc3c2)cn1. The molecule has 8 heteroatoms. The van der Waals surface area contributed by atoms with Gasteiger partial charge in [0.1, 0.15) is 5.82 Å². The Kier molecular flexibility index (Phi) is 6.30. The van der Waals surface area contributed by atoms with Crippen LogP contribution in [0.2, 0.25) is 5.02 Å². The Morgan fingerprint density at radius 3 is 2.81 bits per heavy atom. The molecule has 32 heavy (non-hydrogen) atoms. The number of halogens is 2. The van der Waals surface area contributed by atoms with E-state index in [4.69, 9.17) is 22.7 Å². The van der Waals surface area contributed by atoms with E-state index in [9.17, 15) is 4.39 Å². The van der Waals surface area contributed by atoms with Crippen LogP contribution in [0.1, 0.15) is 11.1 Å². The van der Waals surface area contributed by atoms with Gasteiger partial charge in [-0.15, -0.1) is 0 Å². The fourth-order valence-electron chi connectivity index (χ4n) is 3.48. The van der Waals surface area contributed by atoms with Gasteiger partial charge < -0.3 is 16.5 Å². The fourth-order valence-corrected chi connectivity index (χ4v) is 3.66. The van der Waals surface area contributed by atoms with Gasteiger partial charge in [-0.05, 0) is 49.0 Å². The molecular weight excluding hydrogens is 427 g/mol. The smallest absolute Gasteiger partial charge is 0.132 e. The molecule has 2 aromatic heterocycles. The standard InChI is InChI=1S/C24H22ClFN6/c1-29-6-7-32-14-18(13-31-32)17-9-16-8-15(2-5-23(16)30-12-17)21(11-27)24(28)20-10-19(25)3-4-22(20)26/h2-5,8-14,27,29H,6-7,28H2,1H3. The Labute approximate surface area is 190 Å². The highest BCUT2D eigenvalue weighted by molar-refractivity contribution is 6.31. The molecule has 6 nitrogen and oxygen atoms in total. The van der Waals surface area contributed by atoms with Crippen LogP contribution in [0.4, 0.5) is 4.39 Å². The number of hydrogen-bond acceptors (Lipinski definition) is 5. The molecule has 0 saturated heterocycles. The van der Waals surface area contributed by atoms with Crippen LogP contribution < -0.4 is 11.1 Å². The van der Waals surface area contributed by atoms with E-state index < -0.39 is 5.82 Å². The van der Waals surface area contributed by atoms with Crippen molar-refractivity contribution in [2.75, 3.05) is 13.6 Å². The van der Waals surface area contributed by atoms with Gasteiger partial charge in [0.25, 0.3) is 0 Å². The molecule has 162 valence electrons. The van der Waals surface area contributed by atoms with Gasteiger partial charge in [-0.25, -0.2) is 4.39 Å². The van der Waals surface area contributed by atoms with Crippen LogP contribution in [0, 0.1) is 11.2 Å². The second-order valence-electron chi connectivity index (χ2n) is 7.32. The summed E-state index contributed by atoms with van der Waals surface area (Å²) in [6, 6.07) is 11.8. The van der Waals surface area contributed by atoms with E-state index >= 15 is 0 Å². The molecular formula is C24H22ClFN6. The molecule has 0 unspecified atom stereocenters. The van der Waals surface area contributed by atoms with E-state index in [-0.39, 0.29) is 11.3 Å². The number of nitrogens with one attached hydrogen (secondary N) is 2. The van der Waals surface area contributed by atoms with Crippen molar-refractivity contribution >= 4 is 40.0 Å². The molecule has 4 N–H and O–H groups in total. The summed E-state index contributed by atoms with van der Waals surface area (Å²) in [5.74, 6) is -0.494.